The molecule has 0 aromatic heterocycles. The van der Waals surface area contributed by atoms with E-state index in [9.17, 15) is 22.0 Å². The molecule has 0 radical (unpaired) electrons. The van der Waals surface area contributed by atoms with Gasteiger partial charge in [-0.3, -0.25) is 9.52 Å². The Morgan fingerprint density at radius 3 is 2.53 bits per heavy atom. The Morgan fingerprint density at radius 1 is 1.20 bits per heavy atom. The second-order valence-electron chi connectivity index (χ2n) is 6.98. The van der Waals surface area contributed by atoms with Gasteiger partial charge in [-0.1, -0.05) is 12.1 Å². The fraction of sp³-hybridized carbons (Fsp3) is 0.350. The normalized spacial score (nSPS) is 13.8. The highest BCUT2D eigenvalue weighted by molar-refractivity contribution is 7.92. The van der Waals surface area contributed by atoms with Crippen molar-refractivity contribution in [2.45, 2.75) is 32.0 Å². The summed E-state index contributed by atoms with van der Waals surface area (Å²) in [5.74, 6) is -0.183. The minimum atomic E-state index is -3.47. The minimum Gasteiger partial charge on any atom is -0.493 e. The van der Waals surface area contributed by atoms with Gasteiger partial charge in [-0.05, 0) is 48.7 Å². The molecule has 1 saturated carbocycles. The highest BCUT2D eigenvalue weighted by atomic mass is 32.2. The van der Waals surface area contributed by atoms with Crippen LogP contribution in [0, 0.1) is 0 Å². The molecule has 1 N–H and O–H groups in total. The van der Waals surface area contributed by atoms with E-state index >= 15 is 0 Å². The molecule has 7 nitrogen and oxygen atoms in total. The van der Waals surface area contributed by atoms with Crippen molar-refractivity contribution < 1.29 is 31.5 Å². The number of carbonyl (C=O) groups excluding carboxylic acids is 1. The molecular weight excluding hydrogens is 418 g/mol. The van der Waals surface area contributed by atoms with Crippen LogP contribution in [0.1, 0.15) is 28.8 Å². The molecule has 0 unspecified atom stereocenters. The van der Waals surface area contributed by atoms with E-state index in [1.165, 1.54) is 19.2 Å². The number of ether oxygens (including phenoxy) is 2. The number of rotatable bonds is 9. The van der Waals surface area contributed by atoms with Crippen LogP contribution in [0.25, 0.3) is 0 Å². The standard InChI is InChI=1S/C20H22F2N2O5S/c1-28-18-10-13(6-9-17(18)29-20(21)22)12-24(16-7-8-16)19(25)14-4-3-5-15(11-14)23-30(2,26)27/h3-6,9-11,16,20,23H,7-8,12H2,1-2H3. The molecule has 0 heterocycles. The van der Waals surface area contributed by atoms with Crippen molar-refractivity contribution in [3.63, 3.8) is 0 Å². The highest BCUT2D eigenvalue weighted by Crippen LogP contribution is 2.33. The smallest absolute Gasteiger partial charge is 0.387 e. The number of anilines is 1. The van der Waals surface area contributed by atoms with Gasteiger partial charge in [0.15, 0.2) is 11.5 Å². The van der Waals surface area contributed by atoms with Gasteiger partial charge in [0.1, 0.15) is 0 Å². The van der Waals surface area contributed by atoms with Gasteiger partial charge >= 0.3 is 6.61 Å². The quantitative estimate of drug-likeness (QED) is 0.646. The third-order valence-electron chi connectivity index (χ3n) is 4.46. The van der Waals surface area contributed by atoms with Crippen molar-refractivity contribution >= 4 is 21.6 Å². The lowest BCUT2D eigenvalue weighted by Gasteiger charge is -2.23. The lowest BCUT2D eigenvalue weighted by atomic mass is 10.1. The summed E-state index contributed by atoms with van der Waals surface area (Å²) in [5, 5.41) is 0. The first-order valence-electron chi connectivity index (χ1n) is 9.17. The molecule has 0 aliphatic heterocycles. The number of amides is 1. The van der Waals surface area contributed by atoms with Gasteiger partial charge in [-0.2, -0.15) is 8.78 Å². The zero-order valence-corrected chi connectivity index (χ0v) is 17.3. The van der Waals surface area contributed by atoms with Crippen LogP contribution < -0.4 is 14.2 Å². The Kier molecular flexibility index (Phi) is 6.45. The van der Waals surface area contributed by atoms with Crippen LogP contribution in [-0.2, 0) is 16.6 Å². The molecule has 1 fully saturated rings. The van der Waals surface area contributed by atoms with Crippen molar-refractivity contribution in [1.29, 1.82) is 0 Å². The van der Waals surface area contributed by atoms with E-state index in [1.807, 2.05) is 0 Å². The van der Waals surface area contributed by atoms with E-state index in [-0.39, 0.29) is 30.0 Å². The minimum absolute atomic E-state index is 0.0620. The third-order valence-corrected chi connectivity index (χ3v) is 5.06. The Labute approximate surface area is 173 Å². The van der Waals surface area contributed by atoms with Crippen LogP contribution in [0.5, 0.6) is 11.5 Å². The summed E-state index contributed by atoms with van der Waals surface area (Å²) in [6, 6.07) is 10.9. The van der Waals surface area contributed by atoms with Gasteiger partial charge < -0.3 is 14.4 Å². The summed E-state index contributed by atoms with van der Waals surface area (Å²) in [6.45, 7) is -2.72. The first-order chi connectivity index (χ1) is 14.2. The average Bonchev–Trinajstić information content (AvgIpc) is 3.50. The molecule has 30 heavy (non-hydrogen) atoms. The number of benzene rings is 2. The van der Waals surface area contributed by atoms with Crippen LogP contribution in [-0.4, -0.2) is 45.2 Å². The Hall–Kier alpha value is -2.88. The van der Waals surface area contributed by atoms with E-state index < -0.39 is 16.6 Å². The molecule has 1 amide bonds. The Morgan fingerprint density at radius 2 is 1.93 bits per heavy atom. The maximum atomic E-state index is 13.1. The van der Waals surface area contributed by atoms with Crippen molar-refractivity contribution in [2.75, 3.05) is 18.1 Å². The van der Waals surface area contributed by atoms with Gasteiger partial charge in [0, 0.05) is 23.8 Å². The summed E-state index contributed by atoms with van der Waals surface area (Å²) in [7, 11) is -2.12. The van der Waals surface area contributed by atoms with E-state index in [0.717, 1.165) is 19.1 Å². The first kappa shape index (κ1) is 21.8. The summed E-state index contributed by atoms with van der Waals surface area (Å²) in [5.41, 5.74) is 1.34. The van der Waals surface area contributed by atoms with E-state index in [0.29, 0.717) is 16.8 Å². The monoisotopic (exact) mass is 440 g/mol. The van der Waals surface area contributed by atoms with Crippen LogP contribution >= 0.6 is 0 Å². The van der Waals surface area contributed by atoms with Crippen molar-refractivity contribution in [2.24, 2.45) is 0 Å². The fourth-order valence-corrected chi connectivity index (χ4v) is 3.60. The number of sulfonamides is 1. The van der Waals surface area contributed by atoms with Crippen LogP contribution in [0.15, 0.2) is 42.5 Å². The van der Waals surface area contributed by atoms with Crippen LogP contribution in [0.2, 0.25) is 0 Å². The van der Waals surface area contributed by atoms with Gasteiger partial charge in [0.05, 0.1) is 13.4 Å². The molecule has 0 bridgehead atoms. The molecule has 1 aliphatic carbocycles. The first-order valence-corrected chi connectivity index (χ1v) is 11.1. The Balaban J connectivity index is 1.82. The highest BCUT2D eigenvalue weighted by Gasteiger charge is 2.33. The number of nitrogens with one attached hydrogen (secondary N) is 1. The van der Waals surface area contributed by atoms with Crippen LogP contribution in [0.4, 0.5) is 14.5 Å². The summed E-state index contributed by atoms with van der Waals surface area (Å²) in [4.78, 5) is 14.8. The third kappa shape index (κ3) is 5.82. The number of hydrogen-bond donors (Lipinski definition) is 1. The molecule has 1 aliphatic rings. The van der Waals surface area contributed by atoms with Crippen molar-refractivity contribution in [3.05, 3.63) is 53.6 Å². The molecule has 10 heteroatoms. The van der Waals surface area contributed by atoms with Gasteiger partial charge in [-0.15, -0.1) is 0 Å². The largest absolute Gasteiger partial charge is 0.493 e. The summed E-state index contributed by atoms with van der Waals surface area (Å²) >= 11 is 0. The van der Waals surface area contributed by atoms with Crippen molar-refractivity contribution in [3.8, 4) is 11.5 Å². The maximum absolute atomic E-state index is 13.1. The lowest BCUT2D eigenvalue weighted by molar-refractivity contribution is -0.0512. The topological polar surface area (TPSA) is 84.9 Å². The van der Waals surface area contributed by atoms with E-state index in [2.05, 4.69) is 9.46 Å². The summed E-state index contributed by atoms with van der Waals surface area (Å²) in [6.07, 6.45) is 2.75. The van der Waals surface area contributed by atoms with Crippen LogP contribution in [0.3, 0.4) is 0 Å². The second-order valence-corrected chi connectivity index (χ2v) is 8.73. The van der Waals surface area contributed by atoms with E-state index in [4.69, 9.17) is 4.74 Å². The molecule has 0 saturated heterocycles. The second kappa shape index (κ2) is 8.86. The predicted octanol–water partition coefficient (Wildman–Crippen LogP) is 3.47. The predicted molar refractivity (Wildman–Crippen MR) is 107 cm³/mol. The molecule has 162 valence electrons. The van der Waals surface area contributed by atoms with Gasteiger partial charge in [0.2, 0.25) is 10.0 Å². The van der Waals surface area contributed by atoms with Gasteiger partial charge in [0.25, 0.3) is 5.91 Å². The average molecular weight is 440 g/mol. The molecule has 0 atom stereocenters. The fourth-order valence-electron chi connectivity index (χ4n) is 3.05. The molecular formula is C20H22F2N2O5S. The van der Waals surface area contributed by atoms with Crippen molar-refractivity contribution in [1.82, 2.24) is 4.90 Å². The number of methoxy groups -OCH3 is 1. The maximum Gasteiger partial charge on any atom is 0.387 e. The summed E-state index contributed by atoms with van der Waals surface area (Å²) < 4.78 is 59.9. The SMILES string of the molecule is COc1cc(CN(C(=O)c2cccc(NS(C)(=O)=O)c2)C2CC2)ccc1OC(F)F. The number of halogens is 2. The number of nitrogens with zero attached hydrogens (tertiary/aromatic N) is 1. The molecule has 0 spiro atoms. The van der Waals surface area contributed by atoms with Gasteiger partial charge in [-0.25, -0.2) is 8.42 Å². The lowest BCUT2D eigenvalue weighted by Crippen LogP contribution is -2.32. The van der Waals surface area contributed by atoms with E-state index in [1.54, 1.807) is 35.2 Å². The number of alkyl halides is 2. The molecule has 2 aromatic carbocycles. The molecule has 2 aromatic rings. The zero-order valence-electron chi connectivity index (χ0n) is 16.5. The number of hydrogen-bond acceptors (Lipinski definition) is 5. The number of carbonyl (C=O) groups is 1. The zero-order chi connectivity index (χ0) is 21.9. The Bertz CT molecular complexity index is 1030. The molecule has 3 rings (SSSR count).